The predicted molar refractivity (Wildman–Crippen MR) is 61.7 cm³/mol. The van der Waals surface area contributed by atoms with Gasteiger partial charge in [-0.2, -0.15) is 0 Å². The molecule has 0 aliphatic carbocycles. The summed E-state index contributed by atoms with van der Waals surface area (Å²) >= 11 is 0. The van der Waals surface area contributed by atoms with E-state index in [2.05, 4.69) is 9.97 Å². The third-order valence-corrected chi connectivity index (χ3v) is 2.46. The molecule has 3 aromatic heterocycles. The zero-order valence-corrected chi connectivity index (χ0v) is 8.42. The first-order valence-electron chi connectivity index (χ1n) is 4.88. The van der Waals surface area contributed by atoms with Crippen molar-refractivity contribution in [2.24, 2.45) is 0 Å². The van der Waals surface area contributed by atoms with Crippen LogP contribution in [0.3, 0.4) is 0 Å². The molecule has 0 aliphatic heterocycles. The van der Waals surface area contributed by atoms with E-state index >= 15 is 0 Å². The Labute approximate surface area is 91.7 Å². The standard InChI is InChI=1S/C12H9N3O/c13-11-9-3-5-15-7-10(9)16-12(11)8-2-1-4-14-6-8/h1-7H,13H2. The first-order chi connectivity index (χ1) is 7.86. The quantitative estimate of drug-likeness (QED) is 0.671. The Hall–Kier alpha value is -2.36. The summed E-state index contributed by atoms with van der Waals surface area (Å²) in [5, 5.41) is 0.883. The first-order valence-corrected chi connectivity index (χ1v) is 4.88. The summed E-state index contributed by atoms with van der Waals surface area (Å²) in [6.07, 6.45) is 6.79. The smallest absolute Gasteiger partial charge is 0.159 e. The Balaban J connectivity index is 2.29. The SMILES string of the molecule is Nc1c(-c2cccnc2)oc2cnccc12. The fourth-order valence-electron chi connectivity index (χ4n) is 1.68. The van der Waals surface area contributed by atoms with Crippen LogP contribution >= 0.6 is 0 Å². The van der Waals surface area contributed by atoms with Crippen molar-refractivity contribution in [3.05, 3.63) is 43.0 Å². The van der Waals surface area contributed by atoms with E-state index < -0.39 is 0 Å². The average molecular weight is 211 g/mol. The van der Waals surface area contributed by atoms with Crippen LogP contribution in [0.15, 0.2) is 47.4 Å². The summed E-state index contributed by atoms with van der Waals surface area (Å²) in [5.41, 5.74) is 8.22. The minimum atomic E-state index is 0.630. The summed E-state index contributed by atoms with van der Waals surface area (Å²) in [7, 11) is 0. The Morgan fingerprint density at radius 3 is 2.69 bits per heavy atom. The normalized spacial score (nSPS) is 10.8. The van der Waals surface area contributed by atoms with Gasteiger partial charge in [0.15, 0.2) is 11.3 Å². The van der Waals surface area contributed by atoms with Gasteiger partial charge in [-0.3, -0.25) is 9.97 Å². The van der Waals surface area contributed by atoms with E-state index in [1.807, 2.05) is 18.2 Å². The zero-order chi connectivity index (χ0) is 11.0. The second kappa shape index (κ2) is 3.34. The summed E-state index contributed by atoms with van der Waals surface area (Å²) in [4.78, 5) is 8.04. The van der Waals surface area contributed by atoms with E-state index in [0.29, 0.717) is 17.0 Å². The van der Waals surface area contributed by atoms with Crippen molar-refractivity contribution in [2.75, 3.05) is 5.73 Å². The molecule has 78 valence electrons. The molecule has 4 heteroatoms. The van der Waals surface area contributed by atoms with Crippen molar-refractivity contribution < 1.29 is 4.42 Å². The van der Waals surface area contributed by atoms with Crippen LogP contribution in [-0.2, 0) is 0 Å². The largest absolute Gasteiger partial charge is 0.452 e. The Morgan fingerprint density at radius 1 is 1.06 bits per heavy atom. The fraction of sp³-hybridized carbons (Fsp3) is 0. The highest BCUT2D eigenvalue weighted by molar-refractivity contribution is 5.96. The zero-order valence-electron chi connectivity index (χ0n) is 8.42. The number of nitrogens with two attached hydrogens (primary N) is 1. The molecule has 0 saturated carbocycles. The van der Waals surface area contributed by atoms with Crippen LogP contribution in [0.2, 0.25) is 0 Å². The summed E-state index contributed by atoms with van der Waals surface area (Å²) in [6, 6.07) is 5.60. The monoisotopic (exact) mass is 211 g/mol. The van der Waals surface area contributed by atoms with Crippen molar-refractivity contribution in [1.82, 2.24) is 9.97 Å². The highest BCUT2D eigenvalue weighted by Crippen LogP contribution is 2.34. The molecule has 4 nitrogen and oxygen atoms in total. The molecular weight excluding hydrogens is 202 g/mol. The molecule has 0 aliphatic rings. The van der Waals surface area contributed by atoms with Gasteiger partial charge in [0, 0.05) is 29.5 Å². The maximum absolute atomic E-state index is 6.02. The van der Waals surface area contributed by atoms with Crippen LogP contribution in [0.4, 0.5) is 5.69 Å². The van der Waals surface area contributed by atoms with Crippen LogP contribution in [0.5, 0.6) is 0 Å². The van der Waals surface area contributed by atoms with Crippen LogP contribution in [0, 0.1) is 0 Å². The Morgan fingerprint density at radius 2 is 1.94 bits per heavy atom. The molecule has 0 saturated heterocycles. The van der Waals surface area contributed by atoms with Gasteiger partial charge in [0.1, 0.15) is 0 Å². The van der Waals surface area contributed by atoms with Crippen LogP contribution in [0.25, 0.3) is 22.3 Å². The maximum atomic E-state index is 6.02. The molecule has 0 atom stereocenters. The molecule has 0 radical (unpaired) electrons. The van der Waals surface area contributed by atoms with E-state index in [1.165, 1.54) is 0 Å². The summed E-state index contributed by atoms with van der Waals surface area (Å²) < 4.78 is 5.66. The second-order valence-corrected chi connectivity index (χ2v) is 3.46. The number of aromatic nitrogens is 2. The lowest BCUT2D eigenvalue weighted by Crippen LogP contribution is -1.86. The van der Waals surface area contributed by atoms with Gasteiger partial charge in [-0.25, -0.2) is 0 Å². The van der Waals surface area contributed by atoms with Crippen LogP contribution < -0.4 is 5.73 Å². The third-order valence-electron chi connectivity index (χ3n) is 2.46. The number of hydrogen-bond acceptors (Lipinski definition) is 4. The minimum Gasteiger partial charge on any atom is -0.452 e. The summed E-state index contributed by atoms with van der Waals surface area (Å²) in [5.74, 6) is 0.649. The van der Waals surface area contributed by atoms with Gasteiger partial charge in [0.2, 0.25) is 0 Å². The molecular formula is C12H9N3O. The molecule has 3 heterocycles. The molecule has 0 aromatic carbocycles. The van der Waals surface area contributed by atoms with E-state index in [0.717, 1.165) is 10.9 Å². The molecule has 0 fully saturated rings. The predicted octanol–water partition coefficient (Wildman–Crippen LogP) is 2.47. The van der Waals surface area contributed by atoms with Crippen molar-refractivity contribution in [1.29, 1.82) is 0 Å². The number of furan rings is 1. The van der Waals surface area contributed by atoms with Gasteiger partial charge in [-0.05, 0) is 18.2 Å². The molecule has 3 aromatic rings. The van der Waals surface area contributed by atoms with Crippen molar-refractivity contribution in [2.45, 2.75) is 0 Å². The van der Waals surface area contributed by atoms with Gasteiger partial charge >= 0.3 is 0 Å². The summed E-state index contributed by atoms with van der Waals surface area (Å²) in [6.45, 7) is 0. The van der Waals surface area contributed by atoms with Gasteiger partial charge in [-0.1, -0.05) is 0 Å². The molecule has 0 spiro atoms. The fourth-order valence-corrected chi connectivity index (χ4v) is 1.68. The molecule has 0 amide bonds. The average Bonchev–Trinajstić information content (AvgIpc) is 2.69. The number of anilines is 1. The minimum absolute atomic E-state index is 0.630. The Bertz CT molecular complexity index is 631. The highest BCUT2D eigenvalue weighted by atomic mass is 16.3. The van der Waals surface area contributed by atoms with Crippen molar-refractivity contribution >= 4 is 16.7 Å². The molecule has 16 heavy (non-hydrogen) atoms. The van der Waals surface area contributed by atoms with Crippen molar-refractivity contribution in [3.63, 3.8) is 0 Å². The van der Waals surface area contributed by atoms with Gasteiger partial charge in [-0.15, -0.1) is 0 Å². The lowest BCUT2D eigenvalue weighted by molar-refractivity contribution is 0.630. The molecule has 3 rings (SSSR count). The first kappa shape index (κ1) is 8.91. The van der Waals surface area contributed by atoms with E-state index in [4.69, 9.17) is 10.2 Å². The van der Waals surface area contributed by atoms with Crippen LogP contribution in [-0.4, -0.2) is 9.97 Å². The van der Waals surface area contributed by atoms with E-state index in [9.17, 15) is 0 Å². The highest BCUT2D eigenvalue weighted by Gasteiger charge is 2.12. The number of nitrogens with zero attached hydrogens (tertiary/aromatic N) is 2. The maximum Gasteiger partial charge on any atom is 0.159 e. The number of nitrogen functional groups attached to an aromatic ring is 1. The topological polar surface area (TPSA) is 64.9 Å². The van der Waals surface area contributed by atoms with Crippen LogP contribution in [0.1, 0.15) is 0 Å². The molecule has 2 N–H and O–H groups in total. The lowest BCUT2D eigenvalue weighted by Gasteiger charge is -1.96. The number of hydrogen-bond donors (Lipinski definition) is 1. The number of rotatable bonds is 1. The Kier molecular flexibility index (Phi) is 1.86. The van der Waals surface area contributed by atoms with Gasteiger partial charge < -0.3 is 10.2 Å². The van der Waals surface area contributed by atoms with Gasteiger partial charge in [0.05, 0.1) is 11.9 Å². The van der Waals surface area contributed by atoms with Gasteiger partial charge in [0.25, 0.3) is 0 Å². The lowest BCUT2D eigenvalue weighted by atomic mass is 10.2. The third kappa shape index (κ3) is 1.24. The second-order valence-electron chi connectivity index (χ2n) is 3.46. The number of pyridine rings is 2. The molecule has 0 unspecified atom stereocenters. The van der Waals surface area contributed by atoms with E-state index in [1.54, 1.807) is 24.8 Å². The number of fused-ring (bicyclic) bond motifs is 1. The van der Waals surface area contributed by atoms with Crippen molar-refractivity contribution in [3.8, 4) is 11.3 Å². The molecule has 0 bridgehead atoms. The van der Waals surface area contributed by atoms with E-state index in [-0.39, 0.29) is 0 Å².